The normalized spacial score (nSPS) is 14.9. The van der Waals surface area contributed by atoms with E-state index in [4.69, 9.17) is 9.47 Å². The van der Waals surface area contributed by atoms with Gasteiger partial charge in [0, 0.05) is 25.7 Å². The van der Waals surface area contributed by atoms with Crippen molar-refractivity contribution >= 4 is 29.9 Å². The molecule has 1 aromatic carbocycles. The van der Waals surface area contributed by atoms with Gasteiger partial charge in [0.2, 0.25) is 0 Å². The lowest BCUT2D eigenvalue weighted by Crippen LogP contribution is -2.37. The summed E-state index contributed by atoms with van der Waals surface area (Å²) in [5, 5.41) is 6.62. The van der Waals surface area contributed by atoms with E-state index in [9.17, 15) is 0 Å². The largest absolute Gasteiger partial charge is 0.493 e. The third-order valence-corrected chi connectivity index (χ3v) is 4.08. The number of rotatable bonds is 7. The molecule has 24 heavy (non-hydrogen) atoms. The lowest BCUT2D eigenvalue weighted by Gasteiger charge is -2.20. The summed E-state index contributed by atoms with van der Waals surface area (Å²) in [6, 6.07) is 6.03. The fraction of sp³-hybridized carbons (Fsp3) is 0.611. The Morgan fingerprint density at radius 3 is 2.62 bits per heavy atom. The van der Waals surface area contributed by atoms with Gasteiger partial charge in [0.15, 0.2) is 17.5 Å². The summed E-state index contributed by atoms with van der Waals surface area (Å²) in [7, 11) is 3.47. The topological polar surface area (TPSA) is 54.9 Å². The number of nitrogens with zero attached hydrogens (tertiary/aromatic N) is 1. The second-order valence-electron chi connectivity index (χ2n) is 5.83. The Kier molecular flexibility index (Phi) is 9.90. The number of para-hydroxylation sites is 1. The summed E-state index contributed by atoms with van der Waals surface area (Å²) < 4.78 is 11.7. The number of halogens is 1. The predicted molar refractivity (Wildman–Crippen MR) is 110 cm³/mol. The first-order valence-electron chi connectivity index (χ1n) is 8.55. The molecule has 0 aromatic heterocycles. The average Bonchev–Trinajstić information content (AvgIpc) is 3.09. The molecule has 2 rings (SSSR count). The number of ether oxygens (including phenoxy) is 2. The van der Waals surface area contributed by atoms with Crippen molar-refractivity contribution in [3.63, 3.8) is 0 Å². The lowest BCUT2D eigenvalue weighted by atomic mass is 10.1. The summed E-state index contributed by atoms with van der Waals surface area (Å²) in [5.41, 5.74) is 1.09. The zero-order chi connectivity index (χ0) is 16.5. The standard InChI is InChI=1S/C18H29N3O2.HI/c1-4-12-20-18(19-2)21-13-14-8-7-11-16(22-3)17(14)23-15-9-5-6-10-15;/h7-8,11,15H,4-6,9-10,12-13H2,1-3H3,(H2,19,20,21);1H. The molecule has 0 atom stereocenters. The van der Waals surface area contributed by atoms with Gasteiger partial charge < -0.3 is 20.1 Å². The third kappa shape index (κ3) is 6.03. The molecule has 1 aliphatic rings. The molecule has 0 aliphatic heterocycles. The molecule has 1 aromatic rings. The van der Waals surface area contributed by atoms with E-state index in [0.717, 1.165) is 48.8 Å². The van der Waals surface area contributed by atoms with Crippen molar-refractivity contribution < 1.29 is 9.47 Å². The van der Waals surface area contributed by atoms with Crippen LogP contribution >= 0.6 is 24.0 Å². The second kappa shape index (κ2) is 11.4. The number of nitrogens with one attached hydrogen (secondary N) is 2. The van der Waals surface area contributed by atoms with Crippen LogP contribution in [0.25, 0.3) is 0 Å². The van der Waals surface area contributed by atoms with Gasteiger partial charge in [-0.15, -0.1) is 24.0 Å². The Hall–Kier alpha value is -1.18. The monoisotopic (exact) mass is 447 g/mol. The van der Waals surface area contributed by atoms with Crippen LogP contribution < -0.4 is 20.1 Å². The molecule has 0 amide bonds. The summed E-state index contributed by atoms with van der Waals surface area (Å²) in [4.78, 5) is 4.24. The summed E-state index contributed by atoms with van der Waals surface area (Å²) >= 11 is 0. The van der Waals surface area contributed by atoms with Crippen LogP contribution in [0, 0.1) is 0 Å². The summed E-state index contributed by atoms with van der Waals surface area (Å²) in [6.45, 7) is 3.70. The van der Waals surface area contributed by atoms with Crippen LogP contribution in [0.5, 0.6) is 11.5 Å². The molecule has 1 saturated carbocycles. The Morgan fingerprint density at radius 2 is 2.00 bits per heavy atom. The van der Waals surface area contributed by atoms with Crippen molar-refractivity contribution in [1.82, 2.24) is 10.6 Å². The highest BCUT2D eigenvalue weighted by Crippen LogP contribution is 2.34. The molecule has 6 heteroatoms. The number of aliphatic imine (C=N–C) groups is 1. The Morgan fingerprint density at radius 1 is 1.25 bits per heavy atom. The van der Waals surface area contributed by atoms with Crippen molar-refractivity contribution in [2.45, 2.75) is 51.7 Å². The van der Waals surface area contributed by atoms with Crippen LogP contribution in [0.4, 0.5) is 0 Å². The maximum atomic E-state index is 6.25. The first kappa shape index (κ1) is 20.9. The first-order valence-corrected chi connectivity index (χ1v) is 8.55. The minimum atomic E-state index is 0. The number of hydrogen-bond acceptors (Lipinski definition) is 3. The molecule has 0 heterocycles. The molecular weight excluding hydrogens is 417 g/mol. The molecule has 0 spiro atoms. The van der Waals surface area contributed by atoms with Gasteiger partial charge >= 0.3 is 0 Å². The zero-order valence-electron chi connectivity index (χ0n) is 14.9. The van der Waals surface area contributed by atoms with E-state index >= 15 is 0 Å². The maximum absolute atomic E-state index is 6.25. The van der Waals surface area contributed by atoms with Gasteiger partial charge in [-0.25, -0.2) is 0 Å². The van der Waals surface area contributed by atoms with E-state index in [-0.39, 0.29) is 24.0 Å². The quantitative estimate of drug-likeness (QED) is 0.380. The van der Waals surface area contributed by atoms with E-state index < -0.39 is 0 Å². The highest BCUT2D eigenvalue weighted by atomic mass is 127. The molecule has 1 aliphatic carbocycles. The highest BCUT2D eigenvalue weighted by Gasteiger charge is 2.20. The molecule has 0 radical (unpaired) electrons. The SMILES string of the molecule is CCCNC(=NC)NCc1cccc(OC)c1OC1CCCC1.I. The molecule has 5 nitrogen and oxygen atoms in total. The van der Waals surface area contributed by atoms with E-state index in [1.807, 2.05) is 12.1 Å². The molecule has 0 bridgehead atoms. The van der Waals surface area contributed by atoms with Crippen molar-refractivity contribution in [3.05, 3.63) is 23.8 Å². The van der Waals surface area contributed by atoms with Crippen molar-refractivity contribution in [1.29, 1.82) is 0 Å². The van der Waals surface area contributed by atoms with E-state index in [1.165, 1.54) is 12.8 Å². The molecule has 136 valence electrons. The molecule has 2 N–H and O–H groups in total. The Balaban J connectivity index is 0.00000288. The van der Waals surface area contributed by atoms with Crippen LogP contribution in [0.15, 0.2) is 23.2 Å². The fourth-order valence-corrected chi connectivity index (χ4v) is 2.81. The summed E-state index contributed by atoms with van der Waals surface area (Å²) in [5.74, 6) is 2.47. The number of benzene rings is 1. The average molecular weight is 447 g/mol. The van der Waals surface area contributed by atoms with Gasteiger partial charge in [0.25, 0.3) is 0 Å². The van der Waals surface area contributed by atoms with Crippen molar-refractivity contribution in [2.24, 2.45) is 4.99 Å². The van der Waals surface area contributed by atoms with Gasteiger partial charge in [-0.05, 0) is 38.2 Å². The molecule has 1 fully saturated rings. The molecular formula is C18H30IN3O2. The van der Waals surface area contributed by atoms with Crippen LogP contribution in [0.2, 0.25) is 0 Å². The van der Waals surface area contributed by atoms with E-state index in [0.29, 0.717) is 12.6 Å². The fourth-order valence-electron chi connectivity index (χ4n) is 2.81. The van der Waals surface area contributed by atoms with Crippen molar-refractivity contribution in [2.75, 3.05) is 20.7 Å². The predicted octanol–water partition coefficient (Wildman–Crippen LogP) is 3.71. The number of guanidine groups is 1. The van der Waals surface area contributed by atoms with Crippen molar-refractivity contribution in [3.8, 4) is 11.5 Å². The smallest absolute Gasteiger partial charge is 0.191 e. The Bertz CT molecular complexity index is 517. The minimum absolute atomic E-state index is 0. The first-order chi connectivity index (χ1) is 11.3. The summed E-state index contributed by atoms with van der Waals surface area (Å²) in [6.07, 6.45) is 6.13. The number of hydrogen-bond donors (Lipinski definition) is 2. The van der Waals surface area contributed by atoms with Crippen LogP contribution in [-0.2, 0) is 6.54 Å². The Labute approximate surface area is 162 Å². The number of methoxy groups -OCH3 is 1. The molecule has 0 saturated heterocycles. The van der Waals surface area contributed by atoms with Crippen LogP contribution in [-0.4, -0.2) is 32.8 Å². The molecule has 0 unspecified atom stereocenters. The second-order valence-corrected chi connectivity index (χ2v) is 5.83. The van der Waals surface area contributed by atoms with Gasteiger partial charge in [0.05, 0.1) is 13.2 Å². The van der Waals surface area contributed by atoms with Gasteiger partial charge in [-0.2, -0.15) is 0 Å². The van der Waals surface area contributed by atoms with Crippen LogP contribution in [0.1, 0.15) is 44.6 Å². The van der Waals surface area contributed by atoms with Gasteiger partial charge in [-0.3, -0.25) is 4.99 Å². The van der Waals surface area contributed by atoms with Crippen LogP contribution in [0.3, 0.4) is 0 Å². The zero-order valence-corrected chi connectivity index (χ0v) is 17.3. The highest BCUT2D eigenvalue weighted by molar-refractivity contribution is 14.0. The lowest BCUT2D eigenvalue weighted by molar-refractivity contribution is 0.198. The van der Waals surface area contributed by atoms with Gasteiger partial charge in [-0.1, -0.05) is 19.1 Å². The van der Waals surface area contributed by atoms with E-state index in [1.54, 1.807) is 14.2 Å². The van der Waals surface area contributed by atoms with Gasteiger partial charge in [0.1, 0.15) is 0 Å². The maximum Gasteiger partial charge on any atom is 0.191 e. The van der Waals surface area contributed by atoms with E-state index in [2.05, 4.69) is 28.6 Å². The third-order valence-electron chi connectivity index (χ3n) is 4.08. The minimum Gasteiger partial charge on any atom is -0.493 e.